The summed E-state index contributed by atoms with van der Waals surface area (Å²) in [4.78, 5) is 16.3. The fourth-order valence-corrected chi connectivity index (χ4v) is 2.12. The molecule has 1 aromatic rings. The molecule has 0 aliphatic rings. The number of rotatable bonds is 8. The summed E-state index contributed by atoms with van der Waals surface area (Å²) in [7, 11) is 0. The maximum Gasteiger partial charge on any atom is 0.242 e. The highest BCUT2D eigenvalue weighted by Gasteiger charge is 2.13. The van der Waals surface area contributed by atoms with Gasteiger partial charge in [0.15, 0.2) is 5.96 Å². The summed E-state index contributed by atoms with van der Waals surface area (Å²) >= 11 is 0. The lowest BCUT2D eigenvalue weighted by Crippen LogP contribution is -2.44. The van der Waals surface area contributed by atoms with Crippen LogP contribution in [0.3, 0.4) is 0 Å². The first kappa shape index (κ1) is 20.9. The quantitative estimate of drug-likeness (QED) is 0.479. The molecule has 0 spiro atoms. The summed E-state index contributed by atoms with van der Waals surface area (Å²) in [6, 6.07) is 0. The van der Waals surface area contributed by atoms with Gasteiger partial charge in [0.2, 0.25) is 5.91 Å². The summed E-state index contributed by atoms with van der Waals surface area (Å²) in [6.07, 6.45) is 2.58. The number of hydrogen-bond acceptors (Lipinski definition) is 4. The van der Waals surface area contributed by atoms with Gasteiger partial charge in [0.25, 0.3) is 0 Å². The zero-order valence-electron chi connectivity index (χ0n) is 16.4. The van der Waals surface area contributed by atoms with E-state index in [1.807, 2.05) is 25.3 Å². The molecule has 0 fully saturated rings. The van der Waals surface area contributed by atoms with Gasteiger partial charge in [-0.3, -0.25) is 4.79 Å². The van der Waals surface area contributed by atoms with E-state index in [0.29, 0.717) is 18.4 Å². The fraction of sp³-hybridized carbons (Fsp3) is 0.765. The van der Waals surface area contributed by atoms with Gasteiger partial charge in [-0.05, 0) is 26.7 Å². The largest absolute Gasteiger partial charge is 0.356 e. The zero-order valence-corrected chi connectivity index (χ0v) is 16.4. The number of nitrogens with zero attached hydrogens (tertiary/aromatic N) is 4. The molecule has 8 nitrogen and oxygen atoms in total. The third-order valence-corrected chi connectivity index (χ3v) is 3.23. The Hall–Kier alpha value is -2.12. The van der Waals surface area contributed by atoms with Crippen LogP contribution < -0.4 is 16.0 Å². The molecule has 0 aliphatic carbocycles. The molecular weight excluding hydrogens is 318 g/mol. The molecule has 1 aromatic heterocycles. The van der Waals surface area contributed by atoms with Crippen molar-refractivity contribution in [1.82, 2.24) is 30.7 Å². The second kappa shape index (κ2) is 10.0. The standard InChI is InChI=1S/C17H33N7O/c1-7-14-23-21-12-24(14)9-8-18-16(19-10-13(2)3)20-11-15(25)22-17(4,5)6/h12-13H,7-11H2,1-6H3,(H,22,25)(H2,18,19,20). The van der Waals surface area contributed by atoms with Crippen molar-refractivity contribution >= 4 is 11.9 Å². The molecule has 142 valence electrons. The van der Waals surface area contributed by atoms with E-state index in [2.05, 4.69) is 51.9 Å². The molecule has 0 unspecified atom stereocenters. The van der Waals surface area contributed by atoms with E-state index in [1.54, 1.807) is 6.33 Å². The summed E-state index contributed by atoms with van der Waals surface area (Å²) in [5.74, 6) is 1.99. The summed E-state index contributed by atoms with van der Waals surface area (Å²) in [6.45, 7) is 14.5. The van der Waals surface area contributed by atoms with E-state index in [9.17, 15) is 4.79 Å². The van der Waals surface area contributed by atoms with Gasteiger partial charge in [0.05, 0.1) is 0 Å². The Kier molecular flexibility index (Phi) is 8.37. The molecule has 1 heterocycles. The minimum absolute atomic E-state index is 0.0924. The smallest absolute Gasteiger partial charge is 0.242 e. The van der Waals surface area contributed by atoms with Gasteiger partial charge in [-0.1, -0.05) is 20.8 Å². The van der Waals surface area contributed by atoms with Gasteiger partial charge in [-0.25, -0.2) is 4.99 Å². The first-order valence-electron chi connectivity index (χ1n) is 8.91. The lowest BCUT2D eigenvalue weighted by molar-refractivity contribution is -0.121. The number of carbonyl (C=O) groups is 1. The van der Waals surface area contributed by atoms with Crippen molar-refractivity contribution < 1.29 is 4.79 Å². The Balaban J connectivity index is 2.56. The molecule has 0 saturated carbocycles. The predicted molar refractivity (Wildman–Crippen MR) is 100 cm³/mol. The normalized spacial score (nSPS) is 12.4. The third-order valence-electron chi connectivity index (χ3n) is 3.23. The van der Waals surface area contributed by atoms with E-state index in [-0.39, 0.29) is 18.0 Å². The predicted octanol–water partition coefficient (Wildman–Crippen LogP) is 0.946. The topological polar surface area (TPSA) is 96.2 Å². The lowest BCUT2D eigenvalue weighted by atomic mass is 10.1. The molecule has 1 rings (SSSR count). The highest BCUT2D eigenvalue weighted by atomic mass is 16.2. The van der Waals surface area contributed by atoms with Crippen molar-refractivity contribution in [3.05, 3.63) is 12.2 Å². The number of carbonyl (C=O) groups excluding carboxylic acids is 1. The van der Waals surface area contributed by atoms with Crippen LogP contribution in [0.1, 0.15) is 47.4 Å². The van der Waals surface area contributed by atoms with E-state index < -0.39 is 0 Å². The molecule has 3 N–H and O–H groups in total. The highest BCUT2D eigenvalue weighted by Crippen LogP contribution is 1.98. The van der Waals surface area contributed by atoms with E-state index in [4.69, 9.17) is 0 Å². The lowest BCUT2D eigenvalue weighted by Gasteiger charge is -2.20. The highest BCUT2D eigenvalue weighted by molar-refractivity contribution is 5.85. The number of aromatic nitrogens is 3. The molecular formula is C17H33N7O. The van der Waals surface area contributed by atoms with Gasteiger partial charge >= 0.3 is 0 Å². The van der Waals surface area contributed by atoms with Gasteiger partial charge in [-0.2, -0.15) is 0 Å². The first-order chi connectivity index (χ1) is 11.7. The van der Waals surface area contributed by atoms with Gasteiger partial charge in [0, 0.05) is 31.6 Å². The van der Waals surface area contributed by atoms with Crippen molar-refractivity contribution in [2.24, 2.45) is 10.9 Å². The van der Waals surface area contributed by atoms with Crippen molar-refractivity contribution in [3.8, 4) is 0 Å². The molecule has 0 aromatic carbocycles. The molecule has 0 atom stereocenters. The van der Waals surface area contributed by atoms with E-state index >= 15 is 0 Å². The average Bonchev–Trinajstić information content (AvgIpc) is 2.95. The second-order valence-corrected chi connectivity index (χ2v) is 7.46. The molecule has 0 radical (unpaired) electrons. The Bertz CT molecular complexity index is 558. The van der Waals surface area contributed by atoms with Crippen LogP contribution in [0.5, 0.6) is 0 Å². The van der Waals surface area contributed by atoms with Crippen molar-refractivity contribution in [3.63, 3.8) is 0 Å². The number of amides is 1. The molecule has 0 aliphatic heterocycles. The van der Waals surface area contributed by atoms with Gasteiger partial charge in [-0.15, -0.1) is 10.2 Å². The minimum Gasteiger partial charge on any atom is -0.356 e. The van der Waals surface area contributed by atoms with Crippen LogP contribution in [-0.4, -0.2) is 51.8 Å². The molecule has 1 amide bonds. The van der Waals surface area contributed by atoms with E-state index in [1.165, 1.54) is 0 Å². The Morgan fingerprint density at radius 3 is 2.64 bits per heavy atom. The Morgan fingerprint density at radius 1 is 1.32 bits per heavy atom. The van der Waals surface area contributed by atoms with Crippen molar-refractivity contribution in [2.45, 2.75) is 60.0 Å². The van der Waals surface area contributed by atoms with Crippen LogP contribution in [0, 0.1) is 5.92 Å². The van der Waals surface area contributed by atoms with Gasteiger partial charge < -0.3 is 20.5 Å². The average molecular weight is 351 g/mol. The Morgan fingerprint density at radius 2 is 2.04 bits per heavy atom. The number of hydrogen-bond donors (Lipinski definition) is 3. The number of aryl methyl sites for hydroxylation is 1. The second-order valence-electron chi connectivity index (χ2n) is 7.46. The van der Waals surface area contributed by atoms with Crippen LogP contribution in [0.25, 0.3) is 0 Å². The zero-order chi connectivity index (χ0) is 18.9. The monoisotopic (exact) mass is 351 g/mol. The van der Waals surface area contributed by atoms with Crippen LogP contribution >= 0.6 is 0 Å². The minimum atomic E-state index is -0.253. The number of nitrogens with one attached hydrogen (secondary N) is 3. The fourth-order valence-electron chi connectivity index (χ4n) is 2.12. The molecule has 0 bridgehead atoms. The van der Waals surface area contributed by atoms with Crippen LogP contribution in [0.15, 0.2) is 11.3 Å². The van der Waals surface area contributed by atoms with Crippen LogP contribution in [0.2, 0.25) is 0 Å². The van der Waals surface area contributed by atoms with E-state index in [0.717, 1.165) is 25.3 Å². The van der Waals surface area contributed by atoms with Crippen molar-refractivity contribution in [2.75, 3.05) is 19.6 Å². The van der Waals surface area contributed by atoms with Crippen LogP contribution in [-0.2, 0) is 17.8 Å². The summed E-state index contributed by atoms with van der Waals surface area (Å²) in [5, 5.41) is 17.4. The number of guanidine groups is 1. The third kappa shape index (κ3) is 9.07. The van der Waals surface area contributed by atoms with Crippen molar-refractivity contribution in [1.29, 1.82) is 0 Å². The van der Waals surface area contributed by atoms with Gasteiger partial charge in [0.1, 0.15) is 18.7 Å². The maximum absolute atomic E-state index is 12.0. The maximum atomic E-state index is 12.0. The molecule has 25 heavy (non-hydrogen) atoms. The summed E-state index contributed by atoms with van der Waals surface area (Å²) in [5.41, 5.74) is -0.253. The van der Waals surface area contributed by atoms with Crippen LogP contribution in [0.4, 0.5) is 0 Å². The first-order valence-corrected chi connectivity index (χ1v) is 8.91. The molecule has 8 heteroatoms. The summed E-state index contributed by atoms with van der Waals surface area (Å²) < 4.78 is 2.01. The SMILES string of the molecule is CCc1nncn1CCNC(=NCC(=O)NC(C)(C)C)NCC(C)C. The number of aliphatic imine (C=N–C) groups is 1. The molecule has 0 saturated heterocycles. The Labute approximate surface area is 150 Å².